The van der Waals surface area contributed by atoms with Crippen LogP contribution in [0.5, 0.6) is 0 Å². The number of pyridine rings is 1. The van der Waals surface area contributed by atoms with Gasteiger partial charge in [-0.2, -0.15) is 0 Å². The molecule has 5 heteroatoms. The standard InChI is InChI=1S/C13H21N3O2/c1-9(2)12(8-16(3)4)15-11-5-6-14-7-10(11)13(17)18/h5-7,9,12H,8H2,1-4H3,(H,14,15)(H,17,18). The highest BCUT2D eigenvalue weighted by molar-refractivity contribution is 5.93. The minimum Gasteiger partial charge on any atom is -0.478 e. The number of anilines is 1. The number of carboxylic acid groups (broad SMARTS) is 1. The molecule has 0 aliphatic heterocycles. The van der Waals surface area contributed by atoms with E-state index in [1.807, 2.05) is 14.1 Å². The number of carbonyl (C=O) groups is 1. The Morgan fingerprint density at radius 3 is 2.67 bits per heavy atom. The third-order valence-corrected chi connectivity index (χ3v) is 2.76. The Labute approximate surface area is 108 Å². The van der Waals surface area contributed by atoms with E-state index >= 15 is 0 Å². The number of hydrogen-bond acceptors (Lipinski definition) is 4. The van der Waals surface area contributed by atoms with Crippen LogP contribution >= 0.6 is 0 Å². The summed E-state index contributed by atoms with van der Waals surface area (Å²) in [5.74, 6) is -0.555. The topological polar surface area (TPSA) is 65.5 Å². The quantitative estimate of drug-likeness (QED) is 0.806. The molecule has 18 heavy (non-hydrogen) atoms. The molecule has 0 aromatic carbocycles. The van der Waals surface area contributed by atoms with Gasteiger partial charge in [0.15, 0.2) is 0 Å². The Hall–Kier alpha value is -1.62. The number of rotatable bonds is 6. The average molecular weight is 251 g/mol. The van der Waals surface area contributed by atoms with Crippen LogP contribution in [-0.2, 0) is 0 Å². The van der Waals surface area contributed by atoms with Crippen molar-refractivity contribution in [3.8, 4) is 0 Å². The first-order chi connectivity index (χ1) is 8.41. The molecule has 0 saturated carbocycles. The SMILES string of the molecule is CC(C)C(CN(C)C)Nc1ccncc1C(=O)O. The van der Waals surface area contributed by atoms with Crippen LogP contribution in [0.2, 0.25) is 0 Å². The van der Waals surface area contributed by atoms with Gasteiger partial charge in [-0.05, 0) is 26.1 Å². The molecule has 1 atom stereocenters. The van der Waals surface area contributed by atoms with Crippen molar-refractivity contribution in [3.63, 3.8) is 0 Å². The third-order valence-electron chi connectivity index (χ3n) is 2.76. The highest BCUT2D eigenvalue weighted by Crippen LogP contribution is 2.17. The first-order valence-corrected chi connectivity index (χ1v) is 6.00. The largest absolute Gasteiger partial charge is 0.478 e. The van der Waals surface area contributed by atoms with Crippen molar-refractivity contribution in [1.29, 1.82) is 0 Å². The van der Waals surface area contributed by atoms with Crippen LogP contribution in [0.15, 0.2) is 18.5 Å². The zero-order chi connectivity index (χ0) is 13.7. The maximum absolute atomic E-state index is 11.1. The first kappa shape index (κ1) is 14.4. The molecule has 5 nitrogen and oxygen atoms in total. The van der Waals surface area contributed by atoms with Crippen LogP contribution in [0.4, 0.5) is 5.69 Å². The summed E-state index contributed by atoms with van der Waals surface area (Å²) in [6.45, 7) is 5.07. The van der Waals surface area contributed by atoms with Gasteiger partial charge in [-0.1, -0.05) is 13.8 Å². The second-order valence-corrected chi connectivity index (χ2v) is 4.98. The molecule has 0 spiro atoms. The molecule has 0 saturated heterocycles. The van der Waals surface area contributed by atoms with E-state index in [0.29, 0.717) is 11.6 Å². The van der Waals surface area contributed by atoms with Crippen LogP contribution in [0.25, 0.3) is 0 Å². The molecule has 0 aliphatic carbocycles. The molecule has 1 heterocycles. The van der Waals surface area contributed by atoms with Gasteiger partial charge in [0.2, 0.25) is 0 Å². The van der Waals surface area contributed by atoms with Crippen molar-refractivity contribution in [1.82, 2.24) is 9.88 Å². The minimum atomic E-state index is -0.960. The van der Waals surface area contributed by atoms with Gasteiger partial charge >= 0.3 is 5.97 Å². The van der Waals surface area contributed by atoms with Crippen molar-refractivity contribution in [2.24, 2.45) is 5.92 Å². The number of likely N-dealkylation sites (N-methyl/N-ethyl adjacent to an activating group) is 1. The maximum atomic E-state index is 11.1. The van der Waals surface area contributed by atoms with Gasteiger partial charge in [0, 0.05) is 25.0 Å². The van der Waals surface area contributed by atoms with E-state index in [2.05, 4.69) is 29.0 Å². The monoisotopic (exact) mass is 251 g/mol. The summed E-state index contributed by atoms with van der Waals surface area (Å²) in [7, 11) is 4.00. The second-order valence-electron chi connectivity index (χ2n) is 4.98. The smallest absolute Gasteiger partial charge is 0.339 e. The first-order valence-electron chi connectivity index (χ1n) is 6.00. The summed E-state index contributed by atoms with van der Waals surface area (Å²) in [6, 6.07) is 1.90. The number of hydrogen-bond donors (Lipinski definition) is 2. The predicted molar refractivity (Wildman–Crippen MR) is 72.0 cm³/mol. The Morgan fingerprint density at radius 2 is 2.17 bits per heavy atom. The number of aromatic carboxylic acids is 1. The van der Waals surface area contributed by atoms with E-state index < -0.39 is 5.97 Å². The molecule has 1 unspecified atom stereocenters. The lowest BCUT2D eigenvalue weighted by Gasteiger charge is -2.27. The van der Waals surface area contributed by atoms with Gasteiger partial charge in [-0.15, -0.1) is 0 Å². The van der Waals surface area contributed by atoms with Crippen LogP contribution < -0.4 is 5.32 Å². The lowest BCUT2D eigenvalue weighted by molar-refractivity contribution is 0.0697. The molecule has 100 valence electrons. The summed E-state index contributed by atoms with van der Waals surface area (Å²) in [5, 5.41) is 12.4. The fourth-order valence-corrected chi connectivity index (χ4v) is 1.71. The van der Waals surface area contributed by atoms with Crippen LogP contribution in [0.1, 0.15) is 24.2 Å². The Kier molecular flexibility index (Phi) is 5.09. The average Bonchev–Trinajstić information content (AvgIpc) is 2.27. The van der Waals surface area contributed by atoms with Crippen LogP contribution in [0, 0.1) is 5.92 Å². The van der Waals surface area contributed by atoms with Crippen molar-refractivity contribution in [2.45, 2.75) is 19.9 Å². The molecule has 0 amide bonds. The minimum absolute atomic E-state index is 0.195. The molecule has 0 radical (unpaired) electrons. The van der Waals surface area contributed by atoms with E-state index in [4.69, 9.17) is 5.11 Å². The highest BCUT2D eigenvalue weighted by Gasteiger charge is 2.17. The van der Waals surface area contributed by atoms with Gasteiger partial charge in [0.1, 0.15) is 5.56 Å². The lowest BCUT2D eigenvalue weighted by Crippen LogP contribution is -2.36. The molecule has 1 aromatic rings. The van der Waals surface area contributed by atoms with Gasteiger partial charge in [-0.25, -0.2) is 4.79 Å². The summed E-state index contributed by atoms with van der Waals surface area (Å²) < 4.78 is 0. The zero-order valence-electron chi connectivity index (χ0n) is 11.3. The van der Waals surface area contributed by atoms with Gasteiger partial charge < -0.3 is 15.3 Å². The predicted octanol–water partition coefficient (Wildman–Crippen LogP) is 1.78. The van der Waals surface area contributed by atoms with Gasteiger partial charge in [0.05, 0.1) is 5.69 Å². The fourth-order valence-electron chi connectivity index (χ4n) is 1.71. The van der Waals surface area contributed by atoms with E-state index in [1.165, 1.54) is 6.20 Å². The highest BCUT2D eigenvalue weighted by atomic mass is 16.4. The molecular weight excluding hydrogens is 230 g/mol. The molecule has 0 fully saturated rings. The normalized spacial score (nSPS) is 12.8. The van der Waals surface area contributed by atoms with Crippen molar-refractivity contribution in [3.05, 3.63) is 24.0 Å². The summed E-state index contributed by atoms with van der Waals surface area (Å²) >= 11 is 0. The van der Waals surface area contributed by atoms with Crippen molar-refractivity contribution < 1.29 is 9.90 Å². The molecular formula is C13H21N3O2. The number of aromatic nitrogens is 1. The Bertz CT molecular complexity index is 405. The van der Waals surface area contributed by atoms with E-state index in [0.717, 1.165) is 6.54 Å². The van der Waals surface area contributed by atoms with Gasteiger partial charge in [-0.3, -0.25) is 4.98 Å². The third kappa shape index (κ3) is 4.00. The van der Waals surface area contributed by atoms with E-state index in [1.54, 1.807) is 12.3 Å². The van der Waals surface area contributed by atoms with Crippen LogP contribution in [-0.4, -0.2) is 47.6 Å². The molecule has 0 bridgehead atoms. The van der Waals surface area contributed by atoms with Crippen molar-refractivity contribution in [2.75, 3.05) is 26.0 Å². The zero-order valence-corrected chi connectivity index (χ0v) is 11.3. The Balaban J connectivity index is 2.90. The number of carboxylic acids is 1. The maximum Gasteiger partial charge on any atom is 0.339 e. The number of nitrogens with one attached hydrogen (secondary N) is 1. The van der Waals surface area contributed by atoms with Crippen molar-refractivity contribution >= 4 is 11.7 Å². The summed E-state index contributed by atoms with van der Waals surface area (Å²) in [4.78, 5) is 17.0. The molecule has 1 aromatic heterocycles. The lowest BCUT2D eigenvalue weighted by atomic mass is 10.0. The van der Waals surface area contributed by atoms with E-state index in [9.17, 15) is 4.79 Å². The second kappa shape index (κ2) is 6.35. The molecule has 0 aliphatic rings. The fraction of sp³-hybridized carbons (Fsp3) is 0.538. The number of nitrogens with zero attached hydrogens (tertiary/aromatic N) is 2. The molecule has 2 N–H and O–H groups in total. The molecule has 1 rings (SSSR count). The van der Waals surface area contributed by atoms with Crippen LogP contribution in [0.3, 0.4) is 0 Å². The Morgan fingerprint density at radius 1 is 1.50 bits per heavy atom. The summed E-state index contributed by atoms with van der Waals surface area (Å²) in [5.41, 5.74) is 0.833. The van der Waals surface area contributed by atoms with Gasteiger partial charge in [0.25, 0.3) is 0 Å². The van der Waals surface area contributed by atoms with E-state index in [-0.39, 0.29) is 11.6 Å². The summed E-state index contributed by atoms with van der Waals surface area (Å²) in [6.07, 6.45) is 2.97.